The average molecular weight is 301 g/mol. The van der Waals surface area contributed by atoms with Gasteiger partial charge in [0.05, 0.1) is 12.6 Å². The topological polar surface area (TPSA) is 67.2 Å². The first kappa shape index (κ1) is 16.4. The fourth-order valence-corrected chi connectivity index (χ4v) is 2.31. The molecule has 1 aromatic heterocycles. The Morgan fingerprint density at radius 2 is 1.95 bits per heavy atom. The molecule has 2 N–H and O–H groups in total. The molecule has 0 aliphatic heterocycles. The monoisotopic (exact) mass is 301 g/mol. The molecular weight excluding hydrogens is 278 g/mol. The second-order valence-electron chi connectivity index (χ2n) is 5.75. The number of aliphatic hydroxyl groups excluding tert-OH is 1. The van der Waals surface area contributed by atoms with Gasteiger partial charge in [0, 0.05) is 29.9 Å². The van der Waals surface area contributed by atoms with Gasteiger partial charge in [-0.05, 0) is 6.92 Å². The molecular formula is C17H23N3O2. The number of hydrogen-bond donors (Lipinski definition) is 2. The van der Waals surface area contributed by atoms with Crippen LogP contribution in [-0.2, 0) is 6.54 Å². The minimum Gasteiger partial charge on any atom is -0.390 e. The largest absolute Gasteiger partial charge is 0.390 e. The molecule has 0 spiro atoms. The van der Waals surface area contributed by atoms with E-state index in [2.05, 4.69) is 10.3 Å². The van der Waals surface area contributed by atoms with Crippen LogP contribution in [0.1, 0.15) is 19.5 Å². The Balaban J connectivity index is 2.32. The standard InChI is InChI=1S/C17H23N3O2/c1-12(2)18-10-15(21)11-20-13(3)9-16(22)19-17(20)14-7-5-4-6-8-14/h4-9,12,15,18,21H,10-11H2,1-3H3. The van der Waals surface area contributed by atoms with Crippen molar-refractivity contribution >= 4 is 0 Å². The summed E-state index contributed by atoms with van der Waals surface area (Å²) < 4.78 is 1.89. The summed E-state index contributed by atoms with van der Waals surface area (Å²) in [5.74, 6) is 0.592. The first-order valence-corrected chi connectivity index (χ1v) is 7.52. The lowest BCUT2D eigenvalue weighted by atomic mass is 10.2. The lowest BCUT2D eigenvalue weighted by molar-refractivity contribution is 0.148. The zero-order valence-electron chi connectivity index (χ0n) is 13.3. The lowest BCUT2D eigenvalue weighted by Crippen LogP contribution is -2.35. The second kappa shape index (κ2) is 7.33. The maximum Gasteiger partial charge on any atom is 0.273 e. The first-order valence-electron chi connectivity index (χ1n) is 7.52. The summed E-state index contributed by atoms with van der Waals surface area (Å²) in [6, 6.07) is 11.4. The molecule has 0 aliphatic carbocycles. The number of benzene rings is 1. The van der Waals surface area contributed by atoms with Gasteiger partial charge in [-0.15, -0.1) is 0 Å². The Morgan fingerprint density at radius 1 is 1.27 bits per heavy atom. The van der Waals surface area contributed by atoms with E-state index in [1.54, 1.807) is 0 Å². The SMILES string of the molecule is Cc1cc(=O)nc(-c2ccccc2)n1CC(O)CNC(C)C. The fraction of sp³-hybridized carbons (Fsp3) is 0.412. The molecule has 22 heavy (non-hydrogen) atoms. The highest BCUT2D eigenvalue weighted by Crippen LogP contribution is 2.17. The van der Waals surface area contributed by atoms with E-state index in [1.807, 2.05) is 55.7 Å². The predicted octanol–water partition coefficient (Wildman–Crippen LogP) is 1.58. The zero-order chi connectivity index (χ0) is 16.1. The van der Waals surface area contributed by atoms with Crippen LogP contribution in [0.2, 0.25) is 0 Å². The third-order valence-electron chi connectivity index (χ3n) is 3.42. The molecule has 118 valence electrons. The van der Waals surface area contributed by atoms with E-state index in [1.165, 1.54) is 6.07 Å². The molecule has 0 aliphatic rings. The third kappa shape index (κ3) is 4.26. The number of aliphatic hydroxyl groups is 1. The van der Waals surface area contributed by atoms with Crippen LogP contribution in [0.15, 0.2) is 41.2 Å². The van der Waals surface area contributed by atoms with E-state index in [4.69, 9.17) is 0 Å². The summed E-state index contributed by atoms with van der Waals surface area (Å²) in [5.41, 5.74) is 1.40. The van der Waals surface area contributed by atoms with Crippen LogP contribution in [0.4, 0.5) is 0 Å². The molecule has 0 fully saturated rings. The van der Waals surface area contributed by atoms with Crippen molar-refractivity contribution in [1.82, 2.24) is 14.9 Å². The second-order valence-corrected chi connectivity index (χ2v) is 5.75. The Labute approximate surface area is 130 Å². The highest BCUT2D eigenvalue weighted by molar-refractivity contribution is 5.55. The number of nitrogens with one attached hydrogen (secondary N) is 1. The maximum absolute atomic E-state index is 11.7. The van der Waals surface area contributed by atoms with Gasteiger partial charge in [0.1, 0.15) is 5.82 Å². The van der Waals surface area contributed by atoms with Crippen molar-refractivity contribution in [1.29, 1.82) is 0 Å². The van der Waals surface area contributed by atoms with Gasteiger partial charge < -0.3 is 15.0 Å². The smallest absolute Gasteiger partial charge is 0.273 e. The maximum atomic E-state index is 11.7. The van der Waals surface area contributed by atoms with Crippen molar-refractivity contribution < 1.29 is 5.11 Å². The highest BCUT2D eigenvalue weighted by Gasteiger charge is 2.13. The van der Waals surface area contributed by atoms with Crippen molar-refractivity contribution in [3.63, 3.8) is 0 Å². The predicted molar refractivity (Wildman–Crippen MR) is 87.8 cm³/mol. The number of nitrogens with zero attached hydrogens (tertiary/aromatic N) is 2. The molecule has 2 rings (SSSR count). The van der Waals surface area contributed by atoms with Gasteiger partial charge in [0.15, 0.2) is 0 Å². The Morgan fingerprint density at radius 3 is 2.59 bits per heavy atom. The first-order chi connectivity index (χ1) is 10.5. The highest BCUT2D eigenvalue weighted by atomic mass is 16.3. The molecule has 1 aromatic carbocycles. The van der Waals surface area contributed by atoms with Gasteiger partial charge in [-0.2, -0.15) is 4.98 Å². The number of rotatable bonds is 6. The summed E-state index contributed by atoms with van der Waals surface area (Å²) >= 11 is 0. The molecule has 0 amide bonds. The summed E-state index contributed by atoms with van der Waals surface area (Å²) in [5, 5.41) is 13.4. The van der Waals surface area contributed by atoms with Crippen LogP contribution < -0.4 is 10.9 Å². The van der Waals surface area contributed by atoms with Crippen molar-refractivity contribution in [2.24, 2.45) is 0 Å². The summed E-state index contributed by atoms with van der Waals surface area (Å²) in [6.45, 7) is 6.82. The van der Waals surface area contributed by atoms with Crippen molar-refractivity contribution in [3.8, 4) is 11.4 Å². The molecule has 5 heteroatoms. The molecule has 1 unspecified atom stereocenters. The minimum absolute atomic E-state index is 0.262. The van der Waals surface area contributed by atoms with Gasteiger partial charge in [0.25, 0.3) is 5.56 Å². The van der Waals surface area contributed by atoms with Gasteiger partial charge in [-0.3, -0.25) is 4.79 Å². The number of aromatic nitrogens is 2. The van der Waals surface area contributed by atoms with E-state index < -0.39 is 6.10 Å². The van der Waals surface area contributed by atoms with Gasteiger partial charge >= 0.3 is 0 Å². The van der Waals surface area contributed by atoms with E-state index in [0.29, 0.717) is 25.0 Å². The van der Waals surface area contributed by atoms with E-state index in [0.717, 1.165) is 11.3 Å². The summed E-state index contributed by atoms with van der Waals surface area (Å²) in [4.78, 5) is 15.9. The van der Waals surface area contributed by atoms with Crippen LogP contribution in [0.3, 0.4) is 0 Å². The Hall–Kier alpha value is -1.98. The Kier molecular flexibility index (Phi) is 5.46. The van der Waals surface area contributed by atoms with Gasteiger partial charge in [-0.25, -0.2) is 0 Å². The van der Waals surface area contributed by atoms with Crippen LogP contribution in [0.25, 0.3) is 11.4 Å². The molecule has 0 saturated carbocycles. The quantitative estimate of drug-likeness (QED) is 0.850. The average Bonchev–Trinajstić information content (AvgIpc) is 2.48. The van der Waals surface area contributed by atoms with E-state index in [9.17, 15) is 9.90 Å². The third-order valence-corrected chi connectivity index (χ3v) is 3.42. The molecule has 5 nitrogen and oxygen atoms in total. The Bertz CT molecular complexity index is 665. The number of hydrogen-bond acceptors (Lipinski definition) is 4. The van der Waals surface area contributed by atoms with E-state index >= 15 is 0 Å². The van der Waals surface area contributed by atoms with Crippen molar-refractivity contribution in [2.45, 2.75) is 39.5 Å². The minimum atomic E-state index is -0.548. The molecule has 0 radical (unpaired) electrons. The fourth-order valence-electron chi connectivity index (χ4n) is 2.31. The van der Waals surface area contributed by atoms with Crippen LogP contribution in [0.5, 0.6) is 0 Å². The molecule has 1 heterocycles. The molecule has 0 bridgehead atoms. The number of aryl methyl sites for hydroxylation is 1. The summed E-state index contributed by atoms with van der Waals surface area (Å²) in [6.07, 6.45) is -0.548. The van der Waals surface area contributed by atoms with Crippen molar-refractivity contribution in [2.75, 3.05) is 6.54 Å². The van der Waals surface area contributed by atoms with Crippen LogP contribution in [0, 0.1) is 6.92 Å². The molecule has 1 atom stereocenters. The van der Waals surface area contributed by atoms with Gasteiger partial charge in [-0.1, -0.05) is 44.2 Å². The van der Waals surface area contributed by atoms with Crippen LogP contribution in [-0.4, -0.2) is 33.3 Å². The van der Waals surface area contributed by atoms with Crippen LogP contribution >= 0.6 is 0 Å². The zero-order valence-corrected chi connectivity index (χ0v) is 13.3. The van der Waals surface area contributed by atoms with E-state index in [-0.39, 0.29) is 5.56 Å². The lowest BCUT2D eigenvalue weighted by Gasteiger charge is -2.20. The molecule has 2 aromatic rings. The molecule has 0 saturated heterocycles. The van der Waals surface area contributed by atoms with Crippen molar-refractivity contribution in [3.05, 3.63) is 52.4 Å². The summed E-state index contributed by atoms with van der Waals surface area (Å²) in [7, 11) is 0. The van der Waals surface area contributed by atoms with Gasteiger partial charge in [0.2, 0.25) is 0 Å². The normalized spacial score (nSPS) is 12.6.